The highest BCUT2D eigenvalue weighted by molar-refractivity contribution is 6.16. The van der Waals surface area contributed by atoms with Crippen molar-refractivity contribution < 1.29 is 14.1 Å². The summed E-state index contributed by atoms with van der Waals surface area (Å²) in [5.41, 5.74) is 0. The number of hydrogen-bond acceptors (Lipinski definition) is 5. The molecule has 0 aliphatic carbocycles. The second-order valence-electron chi connectivity index (χ2n) is 2.31. The van der Waals surface area contributed by atoms with Crippen molar-refractivity contribution >= 4 is 17.6 Å². The molecule has 72 valence electrons. The molecule has 0 bridgehead atoms. The van der Waals surface area contributed by atoms with E-state index in [1.165, 1.54) is 7.11 Å². The van der Waals surface area contributed by atoms with E-state index in [4.69, 9.17) is 16.1 Å². The number of carbonyl (C=O) groups excluding carboxylic acids is 1. The Morgan fingerprint density at radius 3 is 3.00 bits per heavy atom. The van der Waals surface area contributed by atoms with E-state index in [-0.39, 0.29) is 18.3 Å². The van der Waals surface area contributed by atoms with Gasteiger partial charge in [-0.3, -0.25) is 4.79 Å². The predicted octanol–water partition coefficient (Wildman–Crippen LogP) is 0.914. The number of esters is 1. The van der Waals surface area contributed by atoms with Crippen molar-refractivity contribution in [3.63, 3.8) is 0 Å². The smallest absolute Gasteiger partial charge is 0.306 e. The zero-order valence-corrected chi connectivity index (χ0v) is 7.87. The predicted molar refractivity (Wildman–Crippen MR) is 44.2 cm³/mol. The zero-order chi connectivity index (χ0) is 9.68. The van der Waals surface area contributed by atoms with Crippen molar-refractivity contribution in [1.29, 1.82) is 0 Å². The molecule has 0 saturated carbocycles. The highest BCUT2D eigenvalue weighted by Gasteiger charge is 2.07. The number of aryl methyl sites for hydroxylation is 1. The molecule has 1 rings (SSSR count). The molecule has 6 heteroatoms. The third kappa shape index (κ3) is 3.02. The molecule has 0 N–H and O–H groups in total. The van der Waals surface area contributed by atoms with Crippen molar-refractivity contribution in [2.75, 3.05) is 7.11 Å². The molecule has 1 aromatic rings. The zero-order valence-electron chi connectivity index (χ0n) is 7.12. The van der Waals surface area contributed by atoms with Gasteiger partial charge in [0.05, 0.1) is 19.4 Å². The van der Waals surface area contributed by atoms with Gasteiger partial charge in [0.1, 0.15) is 0 Å². The number of carbonyl (C=O) groups is 1. The molecule has 0 aliphatic rings. The fourth-order valence-corrected chi connectivity index (χ4v) is 0.866. The summed E-state index contributed by atoms with van der Waals surface area (Å²) in [5.74, 6) is 0.745. The van der Waals surface area contributed by atoms with Crippen molar-refractivity contribution in [2.24, 2.45) is 0 Å². The fourth-order valence-electron chi connectivity index (χ4n) is 0.757. The third-order valence-electron chi connectivity index (χ3n) is 1.40. The van der Waals surface area contributed by atoms with Crippen molar-refractivity contribution in [1.82, 2.24) is 10.1 Å². The number of rotatable bonds is 4. The Balaban J connectivity index is 2.41. The lowest BCUT2D eigenvalue weighted by molar-refractivity contribution is -0.140. The summed E-state index contributed by atoms with van der Waals surface area (Å²) in [6.45, 7) is 0. The molecule has 1 aromatic heterocycles. The molecule has 0 aromatic carbocycles. The van der Waals surface area contributed by atoms with Crippen LogP contribution >= 0.6 is 11.6 Å². The van der Waals surface area contributed by atoms with E-state index in [0.29, 0.717) is 18.1 Å². The molecular weight excluding hydrogens is 196 g/mol. The Morgan fingerprint density at radius 2 is 2.46 bits per heavy atom. The number of hydrogen-bond donors (Lipinski definition) is 0. The lowest BCUT2D eigenvalue weighted by atomic mass is 10.3. The van der Waals surface area contributed by atoms with E-state index in [0.717, 1.165) is 0 Å². The first kappa shape index (κ1) is 9.98. The first-order valence-electron chi connectivity index (χ1n) is 3.70. The summed E-state index contributed by atoms with van der Waals surface area (Å²) in [7, 11) is 1.33. The lowest BCUT2D eigenvalue weighted by Crippen LogP contribution is -2.01. The Hall–Kier alpha value is -1.10. The van der Waals surface area contributed by atoms with Crippen LogP contribution in [0.1, 0.15) is 18.1 Å². The van der Waals surface area contributed by atoms with Crippen LogP contribution in [-0.4, -0.2) is 23.2 Å². The molecule has 5 nitrogen and oxygen atoms in total. The van der Waals surface area contributed by atoms with E-state index in [2.05, 4.69) is 14.9 Å². The molecule has 0 unspecified atom stereocenters. The molecule has 0 aliphatic heterocycles. The summed E-state index contributed by atoms with van der Waals surface area (Å²) in [4.78, 5) is 14.6. The number of nitrogens with zero attached hydrogens (tertiary/aromatic N) is 2. The van der Waals surface area contributed by atoms with E-state index >= 15 is 0 Å². The molecule has 0 fully saturated rings. The average Bonchev–Trinajstić information content (AvgIpc) is 2.61. The maximum absolute atomic E-state index is 10.7. The van der Waals surface area contributed by atoms with Crippen LogP contribution < -0.4 is 0 Å². The fraction of sp³-hybridized carbons (Fsp3) is 0.571. The standard InChI is InChI=1S/C7H9ClN2O3/c1-12-7(11)3-2-6-9-5(4-8)10-13-6/h2-4H2,1H3. The average molecular weight is 205 g/mol. The summed E-state index contributed by atoms with van der Waals surface area (Å²) in [6.07, 6.45) is 0.622. The van der Waals surface area contributed by atoms with Crippen LogP contribution in [0, 0.1) is 0 Å². The van der Waals surface area contributed by atoms with Crippen LogP contribution in [-0.2, 0) is 21.8 Å². The van der Waals surface area contributed by atoms with Crippen LogP contribution in [0.15, 0.2) is 4.52 Å². The van der Waals surface area contributed by atoms with Crippen LogP contribution in [0.2, 0.25) is 0 Å². The summed E-state index contributed by atoms with van der Waals surface area (Å²) in [5, 5.41) is 3.57. The minimum Gasteiger partial charge on any atom is -0.469 e. The van der Waals surface area contributed by atoms with Gasteiger partial charge >= 0.3 is 5.97 Å². The van der Waals surface area contributed by atoms with Gasteiger partial charge in [0.25, 0.3) is 0 Å². The van der Waals surface area contributed by atoms with Gasteiger partial charge in [-0.15, -0.1) is 11.6 Å². The SMILES string of the molecule is COC(=O)CCc1nc(CCl)no1. The maximum atomic E-state index is 10.7. The summed E-state index contributed by atoms with van der Waals surface area (Å²) < 4.78 is 9.25. The van der Waals surface area contributed by atoms with E-state index in [9.17, 15) is 4.79 Å². The van der Waals surface area contributed by atoms with Gasteiger partial charge in [-0.25, -0.2) is 0 Å². The summed E-state index contributed by atoms with van der Waals surface area (Å²) in [6, 6.07) is 0. The molecule has 0 amide bonds. The van der Waals surface area contributed by atoms with Crippen molar-refractivity contribution in [3.8, 4) is 0 Å². The quantitative estimate of drug-likeness (QED) is 0.539. The second-order valence-corrected chi connectivity index (χ2v) is 2.58. The Bertz CT molecular complexity index is 287. The molecule has 0 atom stereocenters. The minimum atomic E-state index is -0.300. The number of methoxy groups -OCH3 is 1. The minimum absolute atomic E-state index is 0.210. The molecule has 0 saturated heterocycles. The first-order chi connectivity index (χ1) is 6.26. The van der Waals surface area contributed by atoms with Gasteiger partial charge in [0, 0.05) is 6.42 Å². The van der Waals surface area contributed by atoms with E-state index in [1.807, 2.05) is 0 Å². The van der Waals surface area contributed by atoms with Gasteiger partial charge in [0.2, 0.25) is 5.89 Å². The van der Waals surface area contributed by atoms with E-state index in [1.54, 1.807) is 0 Å². The number of ether oxygens (including phenoxy) is 1. The third-order valence-corrected chi connectivity index (χ3v) is 1.64. The normalized spacial score (nSPS) is 10.0. The van der Waals surface area contributed by atoms with Gasteiger partial charge in [0.15, 0.2) is 5.82 Å². The van der Waals surface area contributed by atoms with Crippen LogP contribution in [0.3, 0.4) is 0 Å². The Labute approximate surface area is 80.0 Å². The van der Waals surface area contributed by atoms with Crippen LogP contribution in [0.4, 0.5) is 0 Å². The molecule has 1 heterocycles. The number of alkyl halides is 1. The van der Waals surface area contributed by atoms with Crippen molar-refractivity contribution in [3.05, 3.63) is 11.7 Å². The lowest BCUT2D eigenvalue weighted by Gasteiger charge is -1.93. The van der Waals surface area contributed by atoms with Crippen LogP contribution in [0.25, 0.3) is 0 Å². The van der Waals surface area contributed by atoms with Gasteiger partial charge in [-0.05, 0) is 0 Å². The highest BCUT2D eigenvalue weighted by Crippen LogP contribution is 2.03. The Morgan fingerprint density at radius 1 is 1.69 bits per heavy atom. The first-order valence-corrected chi connectivity index (χ1v) is 4.24. The van der Waals surface area contributed by atoms with Crippen molar-refractivity contribution in [2.45, 2.75) is 18.7 Å². The molecule has 0 radical (unpaired) electrons. The Kier molecular flexibility index (Phi) is 3.70. The number of aromatic nitrogens is 2. The molecule has 0 spiro atoms. The highest BCUT2D eigenvalue weighted by atomic mass is 35.5. The van der Waals surface area contributed by atoms with Crippen LogP contribution in [0.5, 0.6) is 0 Å². The van der Waals surface area contributed by atoms with Gasteiger partial charge in [-0.1, -0.05) is 5.16 Å². The largest absolute Gasteiger partial charge is 0.469 e. The van der Waals surface area contributed by atoms with Gasteiger partial charge in [-0.2, -0.15) is 4.98 Å². The molecule has 13 heavy (non-hydrogen) atoms. The topological polar surface area (TPSA) is 65.2 Å². The number of halogens is 1. The monoisotopic (exact) mass is 204 g/mol. The second kappa shape index (κ2) is 4.81. The summed E-state index contributed by atoms with van der Waals surface area (Å²) >= 11 is 5.45. The molecular formula is C7H9ClN2O3. The van der Waals surface area contributed by atoms with Gasteiger partial charge < -0.3 is 9.26 Å². The maximum Gasteiger partial charge on any atom is 0.306 e. The van der Waals surface area contributed by atoms with E-state index < -0.39 is 0 Å².